The molecule has 1 aliphatic rings. The first-order valence-electron chi connectivity index (χ1n) is 5.84. The first kappa shape index (κ1) is 14.5. The monoisotopic (exact) mass is 270 g/mol. The number of ether oxygens (including phenoxy) is 1. The fraction of sp³-hybridized carbons (Fsp3) is 0.538. The molecule has 17 heavy (non-hydrogen) atoms. The Morgan fingerprint density at radius 2 is 2.18 bits per heavy atom. The third-order valence-corrected chi connectivity index (χ3v) is 3.48. The Morgan fingerprint density at radius 1 is 1.47 bits per heavy atom. The van der Waals surface area contributed by atoms with Crippen molar-refractivity contribution < 1.29 is 9.53 Å². The maximum atomic E-state index is 12.2. The van der Waals surface area contributed by atoms with Gasteiger partial charge in [0.25, 0.3) is 0 Å². The zero-order valence-electron chi connectivity index (χ0n) is 10.2. The smallest absolute Gasteiger partial charge is 0.316 e. The SMILES string of the molecule is CCCC1(C(=O)OCC)C=CC=CC1C(=S)S. The summed E-state index contributed by atoms with van der Waals surface area (Å²) < 4.78 is 5.73. The van der Waals surface area contributed by atoms with Crippen molar-refractivity contribution in [3.63, 3.8) is 0 Å². The third-order valence-electron chi connectivity index (χ3n) is 2.95. The Kier molecular flexibility index (Phi) is 5.40. The van der Waals surface area contributed by atoms with E-state index >= 15 is 0 Å². The van der Waals surface area contributed by atoms with Gasteiger partial charge in [0.15, 0.2) is 0 Å². The summed E-state index contributed by atoms with van der Waals surface area (Å²) in [6.45, 7) is 4.24. The molecule has 0 aromatic heterocycles. The predicted molar refractivity (Wildman–Crippen MR) is 77.3 cm³/mol. The third kappa shape index (κ3) is 2.99. The minimum Gasteiger partial charge on any atom is -0.465 e. The van der Waals surface area contributed by atoms with Crippen LogP contribution in [0.25, 0.3) is 0 Å². The van der Waals surface area contributed by atoms with E-state index in [1.807, 2.05) is 38.2 Å². The molecule has 0 aromatic carbocycles. The molecule has 0 radical (unpaired) electrons. The number of thiocarbonyl (C=S) groups is 1. The Labute approximate surface area is 114 Å². The predicted octanol–water partition coefficient (Wildman–Crippen LogP) is 3.34. The van der Waals surface area contributed by atoms with Crippen LogP contribution < -0.4 is 0 Å². The van der Waals surface area contributed by atoms with E-state index in [0.29, 0.717) is 10.8 Å². The van der Waals surface area contributed by atoms with Crippen molar-refractivity contribution in [3.05, 3.63) is 24.3 Å². The second-order valence-corrected chi connectivity index (χ2v) is 5.29. The zero-order chi connectivity index (χ0) is 12.9. The molecule has 0 heterocycles. The number of esters is 1. The molecule has 0 fully saturated rings. The fourth-order valence-corrected chi connectivity index (χ4v) is 2.80. The number of thiol groups is 1. The van der Waals surface area contributed by atoms with Gasteiger partial charge in [-0.05, 0) is 13.3 Å². The van der Waals surface area contributed by atoms with Gasteiger partial charge in [-0.2, -0.15) is 0 Å². The molecule has 2 atom stereocenters. The number of allylic oxidation sites excluding steroid dienone is 3. The summed E-state index contributed by atoms with van der Waals surface area (Å²) >= 11 is 9.40. The number of carbonyl (C=O) groups is 1. The van der Waals surface area contributed by atoms with Crippen molar-refractivity contribution in [1.29, 1.82) is 0 Å². The van der Waals surface area contributed by atoms with E-state index in [-0.39, 0.29) is 11.9 Å². The van der Waals surface area contributed by atoms with Gasteiger partial charge in [-0.15, -0.1) is 12.6 Å². The minimum absolute atomic E-state index is 0.162. The lowest BCUT2D eigenvalue weighted by Crippen LogP contribution is -2.41. The van der Waals surface area contributed by atoms with Crippen molar-refractivity contribution in [2.24, 2.45) is 11.3 Å². The van der Waals surface area contributed by atoms with E-state index in [9.17, 15) is 4.79 Å². The van der Waals surface area contributed by atoms with Gasteiger partial charge >= 0.3 is 5.97 Å². The molecule has 1 aliphatic carbocycles. The van der Waals surface area contributed by atoms with Crippen LogP contribution in [0.5, 0.6) is 0 Å². The summed E-state index contributed by atoms with van der Waals surface area (Å²) in [4.78, 5) is 12.2. The molecule has 0 N–H and O–H groups in total. The van der Waals surface area contributed by atoms with Gasteiger partial charge in [0.1, 0.15) is 0 Å². The van der Waals surface area contributed by atoms with Crippen LogP contribution in [0.3, 0.4) is 0 Å². The van der Waals surface area contributed by atoms with Gasteiger partial charge < -0.3 is 4.74 Å². The van der Waals surface area contributed by atoms with Crippen LogP contribution >= 0.6 is 24.8 Å². The maximum absolute atomic E-state index is 12.2. The lowest BCUT2D eigenvalue weighted by Gasteiger charge is -2.35. The number of carbonyl (C=O) groups excluding carboxylic acids is 1. The summed E-state index contributed by atoms with van der Waals surface area (Å²) in [6.07, 6.45) is 9.24. The molecule has 0 aromatic rings. The summed E-state index contributed by atoms with van der Waals surface area (Å²) in [5, 5.41) is 0. The van der Waals surface area contributed by atoms with Crippen LogP contribution in [0.4, 0.5) is 0 Å². The Balaban J connectivity index is 3.11. The van der Waals surface area contributed by atoms with Crippen LogP contribution in [0.15, 0.2) is 24.3 Å². The minimum atomic E-state index is -0.668. The standard InChI is InChI=1S/C13H18O2S2/c1-3-8-13(12(14)15-4-2)9-6-5-7-10(13)11(16)17/h5-7,9-10H,3-4,8H2,1-2H3,(H,16,17). The highest BCUT2D eigenvalue weighted by Gasteiger charge is 2.45. The molecule has 0 bridgehead atoms. The molecule has 4 heteroatoms. The molecule has 1 rings (SSSR count). The van der Waals surface area contributed by atoms with E-state index < -0.39 is 5.41 Å². The molecule has 0 saturated heterocycles. The highest BCUT2D eigenvalue weighted by molar-refractivity contribution is 8.11. The maximum Gasteiger partial charge on any atom is 0.316 e. The normalized spacial score (nSPS) is 26.9. The van der Waals surface area contributed by atoms with Gasteiger partial charge in [-0.1, -0.05) is 49.9 Å². The molecule has 0 saturated carbocycles. The van der Waals surface area contributed by atoms with E-state index in [1.54, 1.807) is 0 Å². The lowest BCUT2D eigenvalue weighted by atomic mass is 9.70. The van der Waals surface area contributed by atoms with Crippen LogP contribution in [0, 0.1) is 11.3 Å². The second-order valence-electron chi connectivity index (χ2n) is 4.07. The van der Waals surface area contributed by atoms with Gasteiger partial charge in [0.2, 0.25) is 0 Å². The molecule has 0 spiro atoms. The zero-order valence-corrected chi connectivity index (χ0v) is 11.9. The average molecular weight is 270 g/mol. The number of hydrogen-bond donors (Lipinski definition) is 1. The summed E-state index contributed by atoms with van der Waals surface area (Å²) in [6, 6.07) is 0. The van der Waals surface area contributed by atoms with Crippen LogP contribution in [-0.2, 0) is 9.53 Å². The highest BCUT2D eigenvalue weighted by atomic mass is 32.1. The second kappa shape index (κ2) is 6.36. The van der Waals surface area contributed by atoms with Crippen molar-refractivity contribution >= 4 is 35.0 Å². The van der Waals surface area contributed by atoms with E-state index in [0.717, 1.165) is 12.8 Å². The van der Waals surface area contributed by atoms with Gasteiger partial charge in [0.05, 0.1) is 16.2 Å². The van der Waals surface area contributed by atoms with Crippen LogP contribution in [0.2, 0.25) is 0 Å². The molecule has 0 amide bonds. The van der Waals surface area contributed by atoms with Gasteiger partial charge in [-0.25, -0.2) is 0 Å². The Morgan fingerprint density at radius 3 is 2.71 bits per heavy atom. The van der Waals surface area contributed by atoms with Crippen LogP contribution in [0.1, 0.15) is 26.7 Å². The van der Waals surface area contributed by atoms with E-state index in [4.69, 9.17) is 17.0 Å². The van der Waals surface area contributed by atoms with E-state index in [1.165, 1.54) is 0 Å². The molecular formula is C13H18O2S2. The first-order chi connectivity index (χ1) is 8.08. The first-order valence-corrected chi connectivity index (χ1v) is 6.70. The summed E-state index contributed by atoms with van der Waals surface area (Å²) in [5.74, 6) is -0.367. The molecule has 0 aliphatic heterocycles. The average Bonchev–Trinajstić information content (AvgIpc) is 2.30. The van der Waals surface area contributed by atoms with Crippen molar-refractivity contribution in [1.82, 2.24) is 0 Å². The summed E-state index contributed by atoms with van der Waals surface area (Å²) in [7, 11) is 0. The molecular weight excluding hydrogens is 252 g/mol. The van der Waals surface area contributed by atoms with Gasteiger partial charge in [0, 0.05) is 5.92 Å². The van der Waals surface area contributed by atoms with Crippen molar-refractivity contribution in [3.8, 4) is 0 Å². The van der Waals surface area contributed by atoms with Crippen molar-refractivity contribution in [2.75, 3.05) is 6.61 Å². The Hall–Kier alpha value is -0.610. The largest absolute Gasteiger partial charge is 0.465 e. The lowest BCUT2D eigenvalue weighted by molar-refractivity contribution is -0.153. The molecule has 2 unspecified atom stereocenters. The Bertz CT molecular complexity index is 360. The molecule has 2 nitrogen and oxygen atoms in total. The topological polar surface area (TPSA) is 26.3 Å². The van der Waals surface area contributed by atoms with Gasteiger partial charge in [-0.3, -0.25) is 4.79 Å². The fourth-order valence-electron chi connectivity index (χ4n) is 2.20. The number of rotatable bonds is 5. The van der Waals surface area contributed by atoms with Crippen LogP contribution in [-0.4, -0.2) is 16.8 Å². The summed E-state index contributed by atoms with van der Waals surface area (Å²) in [5.41, 5.74) is -0.668. The quantitative estimate of drug-likeness (QED) is 0.471. The van der Waals surface area contributed by atoms with E-state index in [2.05, 4.69) is 12.6 Å². The molecule has 94 valence electrons. The highest BCUT2D eigenvalue weighted by Crippen LogP contribution is 2.41. The number of hydrogen-bond acceptors (Lipinski definition) is 3. The van der Waals surface area contributed by atoms with Crippen molar-refractivity contribution in [2.45, 2.75) is 26.7 Å².